The number of rotatable bonds is 4. The van der Waals surface area contributed by atoms with Gasteiger partial charge in [-0.25, -0.2) is 4.90 Å². The van der Waals surface area contributed by atoms with Crippen molar-refractivity contribution in [3.63, 3.8) is 0 Å². The van der Waals surface area contributed by atoms with Crippen LogP contribution in [0.5, 0.6) is 0 Å². The molecular formula is C17H12N2O5. The summed E-state index contributed by atoms with van der Waals surface area (Å²) in [4.78, 5) is 48.0. The van der Waals surface area contributed by atoms with Gasteiger partial charge in [-0.05, 0) is 6.07 Å². The molecule has 7 nitrogen and oxygen atoms in total. The molecule has 2 aromatic rings. The van der Waals surface area contributed by atoms with E-state index >= 15 is 0 Å². The van der Waals surface area contributed by atoms with E-state index in [9.17, 15) is 24.5 Å². The van der Waals surface area contributed by atoms with Gasteiger partial charge in [0.1, 0.15) is 0 Å². The first-order valence-electron chi connectivity index (χ1n) is 7.23. The summed E-state index contributed by atoms with van der Waals surface area (Å²) in [7, 11) is 0. The van der Waals surface area contributed by atoms with Crippen molar-refractivity contribution in [2.45, 2.75) is 12.8 Å². The van der Waals surface area contributed by atoms with E-state index in [1.165, 1.54) is 12.1 Å². The van der Waals surface area contributed by atoms with Gasteiger partial charge in [0.15, 0.2) is 5.78 Å². The average Bonchev–Trinajstić information content (AvgIpc) is 2.93. The molecule has 0 saturated carbocycles. The quantitative estimate of drug-likeness (QED) is 0.372. The number of nitrogens with zero attached hydrogens (tertiary/aromatic N) is 2. The molecule has 2 aromatic carbocycles. The van der Waals surface area contributed by atoms with Crippen LogP contribution in [-0.4, -0.2) is 22.5 Å². The first-order valence-corrected chi connectivity index (χ1v) is 7.23. The third kappa shape index (κ3) is 2.67. The Morgan fingerprint density at radius 1 is 1.00 bits per heavy atom. The summed E-state index contributed by atoms with van der Waals surface area (Å²) in [5.74, 6) is -1.33. The number of ketones is 1. The van der Waals surface area contributed by atoms with Crippen LogP contribution in [0.25, 0.3) is 0 Å². The van der Waals surface area contributed by atoms with Crippen LogP contribution in [0.1, 0.15) is 28.8 Å². The van der Waals surface area contributed by atoms with Crippen molar-refractivity contribution >= 4 is 29.0 Å². The van der Waals surface area contributed by atoms with Crippen molar-refractivity contribution in [1.29, 1.82) is 0 Å². The number of benzene rings is 2. The highest BCUT2D eigenvalue weighted by molar-refractivity contribution is 6.24. The molecule has 1 aliphatic heterocycles. The number of nitro groups is 1. The molecule has 0 spiro atoms. The van der Waals surface area contributed by atoms with E-state index in [1.807, 2.05) is 0 Å². The minimum Gasteiger partial charge on any atom is -0.289 e. The maximum absolute atomic E-state index is 12.7. The number of carbonyl (C=O) groups excluding carboxylic acids is 3. The lowest BCUT2D eigenvalue weighted by Crippen LogP contribution is -2.30. The largest absolute Gasteiger partial charge is 0.289 e. The lowest BCUT2D eigenvalue weighted by molar-refractivity contribution is -0.384. The number of amides is 2. The molecule has 1 saturated heterocycles. The third-order valence-corrected chi connectivity index (χ3v) is 3.76. The first-order chi connectivity index (χ1) is 11.5. The second kappa shape index (κ2) is 6.04. The molecule has 1 fully saturated rings. The summed E-state index contributed by atoms with van der Waals surface area (Å²) in [5.41, 5.74) is 0.0800. The van der Waals surface area contributed by atoms with Crippen molar-refractivity contribution in [2.75, 3.05) is 4.90 Å². The molecule has 0 bridgehead atoms. The lowest BCUT2D eigenvalue weighted by atomic mass is 10.0. The van der Waals surface area contributed by atoms with Crippen LogP contribution >= 0.6 is 0 Å². The predicted octanol–water partition coefficient (Wildman–Crippen LogP) is 2.48. The minimum absolute atomic E-state index is 0.0426. The minimum atomic E-state index is -0.626. The van der Waals surface area contributed by atoms with Gasteiger partial charge in [-0.2, -0.15) is 0 Å². The van der Waals surface area contributed by atoms with E-state index < -0.39 is 22.5 Å². The van der Waals surface area contributed by atoms with Crippen LogP contribution in [0, 0.1) is 10.1 Å². The summed E-state index contributed by atoms with van der Waals surface area (Å²) in [6.07, 6.45) is 0.129. The van der Waals surface area contributed by atoms with Gasteiger partial charge in [-0.1, -0.05) is 30.3 Å². The highest BCUT2D eigenvalue weighted by Gasteiger charge is 2.33. The molecule has 0 aromatic heterocycles. The van der Waals surface area contributed by atoms with E-state index in [-0.39, 0.29) is 29.8 Å². The van der Waals surface area contributed by atoms with E-state index in [4.69, 9.17) is 0 Å². The molecule has 24 heavy (non-hydrogen) atoms. The normalized spacial score (nSPS) is 14.1. The summed E-state index contributed by atoms with van der Waals surface area (Å²) < 4.78 is 0. The number of carbonyl (C=O) groups is 3. The van der Waals surface area contributed by atoms with Crippen LogP contribution in [0.15, 0.2) is 48.5 Å². The highest BCUT2D eigenvalue weighted by atomic mass is 16.6. The van der Waals surface area contributed by atoms with E-state index in [1.54, 1.807) is 30.3 Å². The number of imide groups is 1. The van der Waals surface area contributed by atoms with Crippen molar-refractivity contribution in [3.05, 3.63) is 69.8 Å². The molecule has 0 N–H and O–H groups in total. The fraction of sp³-hybridized carbons (Fsp3) is 0.118. The third-order valence-electron chi connectivity index (χ3n) is 3.76. The van der Waals surface area contributed by atoms with Gasteiger partial charge in [-0.15, -0.1) is 0 Å². The fourth-order valence-corrected chi connectivity index (χ4v) is 2.60. The molecule has 1 aliphatic rings. The van der Waals surface area contributed by atoms with Crippen LogP contribution in [-0.2, 0) is 9.59 Å². The van der Waals surface area contributed by atoms with Crippen molar-refractivity contribution < 1.29 is 19.3 Å². The molecule has 7 heteroatoms. The Kier molecular flexibility index (Phi) is 3.91. The molecule has 0 aliphatic carbocycles. The Morgan fingerprint density at radius 2 is 1.62 bits per heavy atom. The zero-order chi connectivity index (χ0) is 17.3. The summed E-state index contributed by atoms with van der Waals surface area (Å²) >= 11 is 0. The Hall–Kier alpha value is -3.35. The Labute approximate surface area is 136 Å². The standard InChI is InChI=1S/C17H12N2O5/c20-15-8-9-16(21)18(15)14-7-6-12(19(23)24)10-13(14)17(22)11-4-2-1-3-5-11/h1-7,10H,8-9H2. The Morgan fingerprint density at radius 3 is 2.21 bits per heavy atom. The van der Waals surface area contributed by atoms with E-state index in [0.29, 0.717) is 5.56 Å². The maximum atomic E-state index is 12.7. The number of nitro benzene ring substituents is 1. The van der Waals surface area contributed by atoms with Crippen molar-refractivity contribution in [2.24, 2.45) is 0 Å². The van der Waals surface area contributed by atoms with Gasteiger partial charge in [-0.3, -0.25) is 24.5 Å². The van der Waals surface area contributed by atoms with Crippen molar-refractivity contribution in [1.82, 2.24) is 0 Å². The van der Waals surface area contributed by atoms with E-state index in [2.05, 4.69) is 0 Å². The van der Waals surface area contributed by atoms with Gasteiger partial charge in [0.25, 0.3) is 5.69 Å². The molecule has 0 atom stereocenters. The summed E-state index contributed by atoms with van der Waals surface area (Å²) in [6.45, 7) is 0. The molecular weight excluding hydrogens is 312 g/mol. The molecule has 120 valence electrons. The van der Waals surface area contributed by atoms with Gasteiger partial charge in [0.2, 0.25) is 11.8 Å². The fourth-order valence-electron chi connectivity index (χ4n) is 2.60. The van der Waals surface area contributed by atoms with Crippen LogP contribution in [0.4, 0.5) is 11.4 Å². The van der Waals surface area contributed by atoms with Crippen LogP contribution in [0.3, 0.4) is 0 Å². The Balaban J connectivity index is 2.16. The number of anilines is 1. The van der Waals surface area contributed by atoms with Gasteiger partial charge in [0.05, 0.1) is 16.2 Å². The second-order valence-corrected chi connectivity index (χ2v) is 5.28. The second-order valence-electron chi connectivity index (χ2n) is 5.28. The summed E-state index contributed by atoms with van der Waals surface area (Å²) in [6, 6.07) is 11.7. The predicted molar refractivity (Wildman–Crippen MR) is 84.7 cm³/mol. The molecule has 2 amide bonds. The topological polar surface area (TPSA) is 97.6 Å². The molecule has 3 rings (SSSR count). The summed E-state index contributed by atoms with van der Waals surface area (Å²) in [5, 5.41) is 11.0. The smallest absolute Gasteiger partial charge is 0.270 e. The highest BCUT2D eigenvalue weighted by Crippen LogP contribution is 2.31. The maximum Gasteiger partial charge on any atom is 0.270 e. The number of hydrogen-bond acceptors (Lipinski definition) is 5. The zero-order valence-corrected chi connectivity index (χ0v) is 12.5. The first kappa shape index (κ1) is 15.5. The zero-order valence-electron chi connectivity index (χ0n) is 12.5. The molecule has 0 unspecified atom stereocenters. The monoisotopic (exact) mass is 324 g/mol. The average molecular weight is 324 g/mol. The molecule has 0 radical (unpaired) electrons. The lowest BCUT2D eigenvalue weighted by Gasteiger charge is -2.17. The number of hydrogen-bond donors (Lipinski definition) is 0. The van der Waals surface area contributed by atoms with Gasteiger partial charge in [0, 0.05) is 30.5 Å². The van der Waals surface area contributed by atoms with Gasteiger partial charge < -0.3 is 0 Å². The SMILES string of the molecule is O=C(c1ccccc1)c1cc([N+](=O)[O-])ccc1N1C(=O)CCC1=O. The number of non-ortho nitro benzene ring substituents is 1. The van der Waals surface area contributed by atoms with E-state index in [0.717, 1.165) is 11.0 Å². The van der Waals surface area contributed by atoms with Crippen LogP contribution < -0.4 is 4.90 Å². The van der Waals surface area contributed by atoms with Crippen molar-refractivity contribution in [3.8, 4) is 0 Å². The van der Waals surface area contributed by atoms with Gasteiger partial charge >= 0.3 is 0 Å². The molecule has 1 heterocycles. The van der Waals surface area contributed by atoms with Crippen LogP contribution in [0.2, 0.25) is 0 Å². The Bertz CT molecular complexity index is 845.